The predicted octanol–water partition coefficient (Wildman–Crippen LogP) is 4.31. The van der Waals surface area contributed by atoms with Crippen molar-refractivity contribution in [1.29, 1.82) is 0 Å². The zero-order valence-corrected chi connectivity index (χ0v) is 13.1. The summed E-state index contributed by atoms with van der Waals surface area (Å²) in [5.41, 5.74) is 0.641. The molecule has 0 heterocycles. The number of carbonyl (C=O) groups is 1. The SMILES string of the molecule is C=CC(CNC(=O)OC(C)(C)C)C(=C)CC(C)CC. The Kier molecular flexibility index (Phi) is 7.50. The first-order valence-corrected chi connectivity index (χ1v) is 6.96. The van der Waals surface area contributed by atoms with E-state index in [9.17, 15) is 4.79 Å². The smallest absolute Gasteiger partial charge is 0.407 e. The lowest BCUT2D eigenvalue weighted by molar-refractivity contribution is 0.0524. The Morgan fingerprint density at radius 1 is 1.42 bits per heavy atom. The van der Waals surface area contributed by atoms with Gasteiger partial charge in [-0.2, -0.15) is 0 Å². The summed E-state index contributed by atoms with van der Waals surface area (Å²) in [5, 5.41) is 2.77. The van der Waals surface area contributed by atoms with Crippen LogP contribution in [0.4, 0.5) is 4.79 Å². The Bertz CT molecular complexity index is 315. The van der Waals surface area contributed by atoms with Crippen LogP contribution in [0.5, 0.6) is 0 Å². The van der Waals surface area contributed by atoms with E-state index < -0.39 is 11.7 Å². The highest BCUT2D eigenvalue weighted by molar-refractivity contribution is 5.67. The van der Waals surface area contributed by atoms with Gasteiger partial charge in [0.2, 0.25) is 0 Å². The monoisotopic (exact) mass is 267 g/mol. The lowest BCUT2D eigenvalue weighted by atomic mass is 9.91. The molecule has 0 saturated heterocycles. The maximum atomic E-state index is 11.6. The van der Waals surface area contributed by atoms with E-state index in [1.165, 1.54) is 0 Å². The Balaban J connectivity index is 4.23. The first-order valence-electron chi connectivity index (χ1n) is 6.96. The van der Waals surface area contributed by atoms with Gasteiger partial charge in [0.15, 0.2) is 0 Å². The van der Waals surface area contributed by atoms with Crippen molar-refractivity contribution in [2.75, 3.05) is 6.54 Å². The number of rotatable bonds is 7. The van der Waals surface area contributed by atoms with Gasteiger partial charge in [0.05, 0.1) is 0 Å². The summed E-state index contributed by atoms with van der Waals surface area (Å²) in [6, 6.07) is 0. The Labute approximate surface area is 118 Å². The van der Waals surface area contributed by atoms with E-state index in [0.717, 1.165) is 18.4 Å². The van der Waals surface area contributed by atoms with Crippen molar-refractivity contribution in [3.63, 3.8) is 0 Å². The van der Waals surface area contributed by atoms with Crippen LogP contribution in [-0.2, 0) is 4.74 Å². The molecule has 0 aromatic carbocycles. The van der Waals surface area contributed by atoms with Crippen molar-refractivity contribution in [3.05, 3.63) is 24.8 Å². The quantitative estimate of drug-likeness (QED) is 0.698. The number of nitrogens with one attached hydrogen (secondary N) is 1. The molecule has 0 bridgehead atoms. The molecule has 2 atom stereocenters. The van der Waals surface area contributed by atoms with Gasteiger partial charge in [-0.25, -0.2) is 4.79 Å². The molecule has 0 aromatic rings. The summed E-state index contributed by atoms with van der Waals surface area (Å²) in [4.78, 5) is 11.6. The third-order valence-electron chi connectivity index (χ3n) is 2.98. The predicted molar refractivity (Wildman–Crippen MR) is 81.1 cm³/mol. The van der Waals surface area contributed by atoms with Gasteiger partial charge in [0, 0.05) is 12.5 Å². The highest BCUT2D eigenvalue weighted by atomic mass is 16.6. The van der Waals surface area contributed by atoms with E-state index in [-0.39, 0.29) is 5.92 Å². The van der Waals surface area contributed by atoms with Crippen LogP contribution in [0.25, 0.3) is 0 Å². The van der Waals surface area contributed by atoms with Crippen molar-refractivity contribution in [1.82, 2.24) is 5.32 Å². The molecule has 0 rings (SSSR count). The Hall–Kier alpha value is -1.25. The topological polar surface area (TPSA) is 38.3 Å². The van der Waals surface area contributed by atoms with Crippen molar-refractivity contribution in [3.8, 4) is 0 Å². The van der Waals surface area contributed by atoms with Gasteiger partial charge in [-0.3, -0.25) is 0 Å². The van der Waals surface area contributed by atoms with Gasteiger partial charge in [0.25, 0.3) is 0 Å². The third kappa shape index (κ3) is 8.46. The molecule has 1 amide bonds. The summed E-state index contributed by atoms with van der Waals surface area (Å²) < 4.78 is 5.20. The van der Waals surface area contributed by atoms with E-state index in [0.29, 0.717) is 12.5 Å². The van der Waals surface area contributed by atoms with Gasteiger partial charge in [0.1, 0.15) is 5.60 Å². The lowest BCUT2D eigenvalue weighted by Crippen LogP contribution is -2.35. The zero-order chi connectivity index (χ0) is 15.1. The summed E-state index contributed by atoms with van der Waals surface area (Å²) in [6.45, 7) is 18.3. The fourth-order valence-corrected chi connectivity index (χ4v) is 1.65. The van der Waals surface area contributed by atoms with E-state index >= 15 is 0 Å². The molecule has 0 fully saturated rings. The van der Waals surface area contributed by atoms with E-state index in [1.807, 2.05) is 26.8 Å². The molecule has 19 heavy (non-hydrogen) atoms. The number of ether oxygens (including phenoxy) is 1. The zero-order valence-electron chi connectivity index (χ0n) is 13.1. The minimum Gasteiger partial charge on any atom is -0.444 e. The van der Waals surface area contributed by atoms with Crippen LogP contribution in [0.1, 0.15) is 47.5 Å². The molecule has 0 spiro atoms. The number of amides is 1. The molecule has 0 radical (unpaired) electrons. The summed E-state index contributed by atoms with van der Waals surface area (Å²) >= 11 is 0. The molecule has 0 aromatic heterocycles. The first-order chi connectivity index (χ1) is 8.69. The third-order valence-corrected chi connectivity index (χ3v) is 2.98. The van der Waals surface area contributed by atoms with Gasteiger partial charge in [-0.15, -0.1) is 6.58 Å². The van der Waals surface area contributed by atoms with Gasteiger partial charge >= 0.3 is 6.09 Å². The van der Waals surface area contributed by atoms with E-state index in [4.69, 9.17) is 4.74 Å². The number of alkyl carbamates (subject to hydrolysis) is 1. The highest BCUT2D eigenvalue weighted by Gasteiger charge is 2.18. The summed E-state index contributed by atoms with van der Waals surface area (Å²) in [5.74, 6) is 0.706. The second kappa shape index (κ2) is 8.03. The first kappa shape index (κ1) is 17.8. The molecule has 0 aliphatic heterocycles. The van der Waals surface area contributed by atoms with Crippen molar-refractivity contribution in [2.24, 2.45) is 11.8 Å². The second-order valence-corrected chi connectivity index (χ2v) is 6.10. The van der Waals surface area contributed by atoms with Crippen molar-refractivity contribution >= 4 is 6.09 Å². The molecule has 110 valence electrons. The second-order valence-electron chi connectivity index (χ2n) is 6.10. The Morgan fingerprint density at radius 3 is 2.42 bits per heavy atom. The standard InChI is InChI=1S/C16H29NO2/c1-8-12(3)10-13(4)14(9-2)11-17-15(18)19-16(5,6)7/h9,12,14H,2,4,8,10-11H2,1,3,5-7H3,(H,17,18). The molecule has 0 aliphatic carbocycles. The summed E-state index contributed by atoms with van der Waals surface area (Å²) in [7, 11) is 0. The van der Waals surface area contributed by atoms with E-state index in [2.05, 4.69) is 32.3 Å². The fraction of sp³-hybridized carbons (Fsp3) is 0.688. The maximum absolute atomic E-state index is 11.6. The van der Waals surface area contributed by atoms with Gasteiger partial charge in [-0.1, -0.05) is 38.5 Å². The number of hydrogen-bond acceptors (Lipinski definition) is 2. The molecule has 3 heteroatoms. The molecule has 2 unspecified atom stereocenters. The summed E-state index contributed by atoms with van der Waals surface area (Å²) in [6.07, 6.45) is 3.53. The average molecular weight is 267 g/mol. The van der Waals surface area contributed by atoms with Crippen molar-refractivity contribution in [2.45, 2.75) is 53.1 Å². The molecular formula is C16H29NO2. The molecule has 0 aliphatic rings. The van der Waals surface area contributed by atoms with Crippen molar-refractivity contribution < 1.29 is 9.53 Å². The largest absolute Gasteiger partial charge is 0.444 e. The molecule has 0 saturated carbocycles. The highest BCUT2D eigenvalue weighted by Crippen LogP contribution is 2.20. The lowest BCUT2D eigenvalue weighted by Gasteiger charge is -2.22. The van der Waals surface area contributed by atoms with E-state index in [1.54, 1.807) is 0 Å². The fourth-order valence-electron chi connectivity index (χ4n) is 1.65. The number of carbonyl (C=O) groups excluding carboxylic acids is 1. The van der Waals surface area contributed by atoms with Crippen LogP contribution >= 0.6 is 0 Å². The Morgan fingerprint density at radius 2 is 2.00 bits per heavy atom. The average Bonchev–Trinajstić information content (AvgIpc) is 2.27. The van der Waals surface area contributed by atoms with Crippen LogP contribution < -0.4 is 5.32 Å². The van der Waals surface area contributed by atoms with Crippen LogP contribution in [0.2, 0.25) is 0 Å². The molecular weight excluding hydrogens is 238 g/mol. The van der Waals surface area contributed by atoms with Crippen LogP contribution in [0.15, 0.2) is 24.8 Å². The number of hydrogen-bond donors (Lipinski definition) is 1. The van der Waals surface area contributed by atoms with Gasteiger partial charge in [-0.05, 0) is 33.1 Å². The van der Waals surface area contributed by atoms with Crippen LogP contribution in [0.3, 0.4) is 0 Å². The van der Waals surface area contributed by atoms with Crippen LogP contribution in [-0.4, -0.2) is 18.2 Å². The van der Waals surface area contributed by atoms with Crippen LogP contribution in [0, 0.1) is 11.8 Å². The maximum Gasteiger partial charge on any atom is 0.407 e. The minimum absolute atomic E-state index is 0.0986. The minimum atomic E-state index is -0.471. The normalized spacial score (nSPS) is 14.4. The molecule has 3 nitrogen and oxygen atoms in total. The van der Waals surface area contributed by atoms with Gasteiger partial charge < -0.3 is 10.1 Å². The molecule has 1 N–H and O–H groups in total.